The third kappa shape index (κ3) is 0.538. The molecule has 0 aliphatic carbocycles. The van der Waals surface area contributed by atoms with Gasteiger partial charge in [0.1, 0.15) is 1.37 Å². The molecule has 1 aromatic heterocycles. The zero-order valence-corrected chi connectivity index (χ0v) is 4.47. The first-order valence-corrected chi connectivity index (χ1v) is 2.13. The molecular formula is C4H7N2O2+. The summed E-state index contributed by atoms with van der Waals surface area (Å²) >= 11 is 0. The average molecular weight is 116 g/mol. The molecule has 44 valence electrons. The van der Waals surface area contributed by atoms with Gasteiger partial charge in [0.25, 0.3) is 5.69 Å². The lowest BCUT2D eigenvalue weighted by Gasteiger charge is -1.69. The molecule has 1 rings (SSSR count). The molecule has 0 amide bonds. The van der Waals surface area contributed by atoms with Crippen LogP contribution in [0.5, 0.6) is 0 Å². The Morgan fingerprint density at radius 2 is 2.75 bits per heavy atom. The Kier molecular flexibility index (Phi) is 0.712. The highest BCUT2D eigenvalue weighted by atomic mass is 16.5. The third-order valence-electron chi connectivity index (χ3n) is 0.949. The molecule has 4 heteroatoms. The lowest BCUT2D eigenvalue weighted by molar-refractivity contribution is -0.744. The van der Waals surface area contributed by atoms with Crippen molar-refractivity contribution < 1.29 is 10.6 Å². The second kappa shape index (κ2) is 1.47. The SMILES string of the molecule is [2H]C[n+]1[nH]oc(=O)c1C. The molecule has 1 heterocycles. The number of hydrogen-bond donors (Lipinski definition) is 1. The van der Waals surface area contributed by atoms with Crippen LogP contribution in [0, 0.1) is 6.92 Å². The third-order valence-corrected chi connectivity index (χ3v) is 0.949. The predicted octanol–water partition coefficient (Wildman–Crippen LogP) is -0.899. The van der Waals surface area contributed by atoms with E-state index in [-0.39, 0.29) is 7.02 Å². The van der Waals surface area contributed by atoms with E-state index in [1.165, 1.54) is 4.68 Å². The van der Waals surface area contributed by atoms with Crippen LogP contribution >= 0.6 is 0 Å². The number of aryl methyl sites for hydroxylation is 1. The Morgan fingerprint density at radius 3 is 3.00 bits per heavy atom. The average Bonchev–Trinajstić information content (AvgIpc) is 2.15. The van der Waals surface area contributed by atoms with Crippen LogP contribution in [0.25, 0.3) is 0 Å². The fraction of sp³-hybridized carbons (Fsp3) is 0.500. The van der Waals surface area contributed by atoms with Gasteiger partial charge in [-0.15, -0.1) is 0 Å². The molecule has 0 bridgehead atoms. The molecule has 1 N–H and O–H groups in total. The summed E-state index contributed by atoms with van der Waals surface area (Å²) in [6, 6.07) is 0. The van der Waals surface area contributed by atoms with Crippen molar-refractivity contribution in [2.75, 3.05) is 0 Å². The van der Waals surface area contributed by atoms with Gasteiger partial charge in [-0.25, -0.2) is 4.79 Å². The fourth-order valence-electron chi connectivity index (χ4n) is 0.349. The monoisotopic (exact) mass is 116 g/mol. The van der Waals surface area contributed by atoms with Crippen molar-refractivity contribution >= 4 is 0 Å². The number of hydrogen-bond acceptors (Lipinski definition) is 2. The van der Waals surface area contributed by atoms with Crippen molar-refractivity contribution in [2.45, 2.75) is 6.92 Å². The van der Waals surface area contributed by atoms with Gasteiger partial charge in [0.05, 0.1) is 0 Å². The Morgan fingerprint density at radius 1 is 2.00 bits per heavy atom. The van der Waals surface area contributed by atoms with Gasteiger partial charge >= 0.3 is 5.63 Å². The van der Waals surface area contributed by atoms with E-state index in [4.69, 9.17) is 1.37 Å². The van der Waals surface area contributed by atoms with Gasteiger partial charge in [0.2, 0.25) is 0 Å². The summed E-state index contributed by atoms with van der Waals surface area (Å²) in [5, 5.41) is 2.27. The van der Waals surface area contributed by atoms with E-state index in [1.54, 1.807) is 6.92 Å². The minimum absolute atomic E-state index is 0.0163. The topological polar surface area (TPSA) is 49.9 Å². The minimum Gasteiger partial charge on any atom is -0.283 e. The molecule has 0 spiro atoms. The number of nitrogens with one attached hydrogen (secondary N) is 1. The van der Waals surface area contributed by atoms with E-state index in [0.29, 0.717) is 5.69 Å². The van der Waals surface area contributed by atoms with Crippen molar-refractivity contribution in [3.8, 4) is 0 Å². The van der Waals surface area contributed by atoms with Crippen LogP contribution in [-0.2, 0) is 7.02 Å². The smallest absolute Gasteiger partial charge is 0.283 e. The van der Waals surface area contributed by atoms with Crippen LogP contribution in [0.3, 0.4) is 0 Å². The highest BCUT2D eigenvalue weighted by molar-refractivity contribution is 4.74. The summed E-state index contributed by atoms with van der Waals surface area (Å²) in [4.78, 5) is 10.5. The molecular weight excluding hydrogens is 108 g/mol. The molecule has 0 radical (unpaired) electrons. The van der Waals surface area contributed by atoms with Crippen LogP contribution in [0.2, 0.25) is 0 Å². The summed E-state index contributed by atoms with van der Waals surface area (Å²) < 4.78 is 12.5. The van der Waals surface area contributed by atoms with Crippen molar-refractivity contribution in [1.29, 1.82) is 0 Å². The van der Waals surface area contributed by atoms with Gasteiger partial charge < -0.3 is 0 Å². The van der Waals surface area contributed by atoms with Gasteiger partial charge in [-0.2, -0.15) is 0 Å². The molecule has 1 aromatic rings. The van der Waals surface area contributed by atoms with Gasteiger partial charge in [-0.05, 0) is 5.27 Å². The van der Waals surface area contributed by atoms with Crippen LogP contribution in [0.4, 0.5) is 0 Å². The summed E-state index contributed by atoms with van der Waals surface area (Å²) in [5.41, 5.74) is 0.00671. The predicted molar refractivity (Wildman–Crippen MR) is 25.2 cm³/mol. The van der Waals surface area contributed by atoms with E-state index in [2.05, 4.69) is 9.79 Å². The van der Waals surface area contributed by atoms with Gasteiger partial charge in [-0.1, -0.05) is 4.68 Å². The van der Waals surface area contributed by atoms with Gasteiger partial charge in [0, 0.05) is 6.92 Å². The first-order valence-electron chi connectivity index (χ1n) is 2.83. The quantitative estimate of drug-likeness (QED) is 0.446. The highest BCUT2D eigenvalue weighted by Crippen LogP contribution is 1.68. The summed E-state index contributed by atoms with van der Waals surface area (Å²) in [6.07, 6.45) is 0. The second-order valence-corrected chi connectivity index (χ2v) is 1.49. The van der Waals surface area contributed by atoms with Crippen LogP contribution < -0.4 is 10.3 Å². The molecule has 0 aliphatic heterocycles. The Hall–Kier alpha value is -1.06. The minimum atomic E-state index is -0.415. The Balaban J connectivity index is 3.20. The van der Waals surface area contributed by atoms with E-state index in [1.807, 2.05) is 0 Å². The first-order chi connectivity index (χ1) is 4.25. The molecule has 0 fully saturated rings. The maximum atomic E-state index is 10.5. The van der Waals surface area contributed by atoms with Crippen LogP contribution in [-0.4, -0.2) is 5.27 Å². The van der Waals surface area contributed by atoms with Gasteiger partial charge in [-0.3, -0.25) is 4.52 Å². The summed E-state index contributed by atoms with van der Waals surface area (Å²) in [7, 11) is -0.0163. The number of rotatable bonds is 0. The van der Waals surface area contributed by atoms with Crippen molar-refractivity contribution in [1.82, 2.24) is 5.27 Å². The Bertz CT molecular complexity index is 251. The highest BCUT2D eigenvalue weighted by Gasteiger charge is 2.07. The number of aromatic nitrogens is 2. The molecule has 0 aliphatic rings. The zero-order chi connectivity index (χ0) is 6.85. The fourth-order valence-corrected chi connectivity index (χ4v) is 0.349. The normalized spacial score (nSPS) is 11.4. The molecule has 0 aromatic carbocycles. The maximum Gasteiger partial charge on any atom is 0.429 e. The molecule has 0 atom stereocenters. The molecule has 0 saturated heterocycles. The van der Waals surface area contributed by atoms with Crippen LogP contribution in [0.1, 0.15) is 7.06 Å². The largest absolute Gasteiger partial charge is 0.429 e. The standard InChI is InChI=1S/C4H6N2O2/c1-3-4(7)8-5-6(3)2/h1-2H3/p+1/i2D. The van der Waals surface area contributed by atoms with Crippen molar-refractivity contribution in [2.24, 2.45) is 7.02 Å². The molecule has 8 heavy (non-hydrogen) atoms. The summed E-state index contributed by atoms with van der Waals surface area (Å²) in [6.45, 7) is 1.59. The first kappa shape index (κ1) is 3.88. The lowest BCUT2D eigenvalue weighted by Crippen LogP contribution is -2.34. The second-order valence-electron chi connectivity index (χ2n) is 1.49. The van der Waals surface area contributed by atoms with Crippen molar-refractivity contribution in [3.05, 3.63) is 16.1 Å². The molecule has 4 nitrogen and oxygen atoms in total. The van der Waals surface area contributed by atoms with E-state index < -0.39 is 5.63 Å². The maximum absolute atomic E-state index is 10.5. The molecule has 0 saturated carbocycles. The van der Waals surface area contributed by atoms with Crippen LogP contribution in [0.15, 0.2) is 9.32 Å². The van der Waals surface area contributed by atoms with E-state index in [9.17, 15) is 4.79 Å². The molecule has 0 unspecified atom stereocenters. The van der Waals surface area contributed by atoms with Crippen molar-refractivity contribution in [3.63, 3.8) is 0 Å². The van der Waals surface area contributed by atoms with Gasteiger partial charge in [0.15, 0.2) is 7.02 Å². The Labute approximate surface area is 47.1 Å². The lowest BCUT2D eigenvalue weighted by atomic mass is 10.5. The summed E-state index contributed by atoms with van der Waals surface area (Å²) in [5.74, 6) is 0. The number of nitrogens with zero attached hydrogens (tertiary/aromatic N) is 1. The van der Waals surface area contributed by atoms with E-state index >= 15 is 0 Å². The number of aromatic amines is 1. The zero-order valence-electron chi connectivity index (χ0n) is 5.47. The van der Waals surface area contributed by atoms with E-state index in [0.717, 1.165) is 0 Å². The number of H-pyrrole nitrogens is 1.